The maximum atomic E-state index is 13.4. The third-order valence-electron chi connectivity index (χ3n) is 6.09. The van der Waals surface area contributed by atoms with Crippen LogP contribution in [-0.4, -0.2) is 65.2 Å². The van der Waals surface area contributed by atoms with E-state index >= 15 is 0 Å². The number of methoxy groups -OCH3 is 1. The zero-order valence-electron chi connectivity index (χ0n) is 20.5. The molecule has 34 heavy (non-hydrogen) atoms. The average molecular weight is 473 g/mol. The van der Waals surface area contributed by atoms with Crippen LogP contribution < -0.4 is 11.1 Å². The Balaban J connectivity index is 1.58. The first-order valence-corrected chi connectivity index (χ1v) is 11.7. The van der Waals surface area contributed by atoms with Gasteiger partial charge in [-0.1, -0.05) is 18.2 Å². The maximum Gasteiger partial charge on any atom is 0.407 e. The Hall–Kier alpha value is -3.07. The topological polar surface area (TPSA) is 127 Å². The van der Waals surface area contributed by atoms with Crippen LogP contribution in [0, 0.1) is 0 Å². The predicted molar refractivity (Wildman–Crippen MR) is 129 cm³/mol. The molecule has 2 atom stereocenters. The number of nitrogens with zero attached hydrogens (tertiary/aromatic N) is 1. The quantitative estimate of drug-likeness (QED) is 0.380. The summed E-state index contributed by atoms with van der Waals surface area (Å²) in [7, 11) is 1.32. The Morgan fingerprint density at radius 1 is 1.26 bits per heavy atom. The second-order valence-electron chi connectivity index (χ2n) is 9.90. The molecule has 1 aromatic heterocycles. The number of likely N-dealkylation sites (tertiary alicyclic amines) is 1. The number of aromatic amines is 1. The maximum absolute atomic E-state index is 13.4. The number of carbonyl (C=O) groups excluding carboxylic acids is 3. The Kier molecular flexibility index (Phi) is 7.86. The number of H-pyrrole nitrogens is 1. The second kappa shape index (κ2) is 10.5. The Bertz CT molecular complexity index is 1030. The van der Waals surface area contributed by atoms with Gasteiger partial charge in [0.05, 0.1) is 7.11 Å². The number of aromatic nitrogens is 1. The third kappa shape index (κ3) is 6.08. The van der Waals surface area contributed by atoms with Crippen molar-refractivity contribution in [3.05, 3.63) is 36.0 Å². The predicted octanol–water partition coefficient (Wildman–Crippen LogP) is 2.88. The fourth-order valence-corrected chi connectivity index (χ4v) is 4.40. The van der Waals surface area contributed by atoms with Gasteiger partial charge in [0.25, 0.3) is 0 Å². The van der Waals surface area contributed by atoms with Crippen molar-refractivity contribution < 1.29 is 23.9 Å². The molecule has 3 rings (SSSR count). The normalized spacial score (nSPS) is 19.3. The van der Waals surface area contributed by atoms with E-state index in [-0.39, 0.29) is 5.91 Å². The number of esters is 1. The van der Waals surface area contributed by atoms with Crippen LogP contribution in [0.2, 0.25) is 0 Å². The lowest BCUT2D eigenvalue weighted by Crippen LogP contribution is -2.53. The van der Waals surface area contributed by atoms with Crippen molar-refractivity contribution in [3.63, 3.8) is 0 Å². The highest BCUT2D eigenvalue weighted by Gasteiger charge is 2.47. The molecule has 1 saturated heterocycles. The monoisotopic (exact) mass is 472 g/mol. The van der Waals surface area contributed by atoms with Crippen molar-refractivity contribution in [3.8, 4) is 0 Å². The summed E-state index contributed by atoms with van der Waals surface area (Å²) in [6, 6.07) is 7.19. The summed E-state index contributed by atoms with van der Waals surface area (Å²) in [4.78, 5) is 42.4. The molecule has 2 aromatic rings. The van der Waals surface area contributed by atoms with Crippen LogP contribution in [0.3, 0.4) is 0 Å². The minimum absolute atomic E-state index is 0.236. The minimum atomic E-state index is -1.07. The fraction of sp³-hybridized carbons (Fsp3) is 0.560. The average Bonchev–Trinajstić information content (AvgIpc) is 3.30. The first-order valence-electron chi connectivity index (χ1n) is 11.7. The largest absolute Gasteiger partial charge is 0.467 e. The van der Waals surface area contributed by atoms with E-state index in [2.05, 4.69) is 10.3 Å². The molecule has 0 bridgehead atoms. The molecular formula is C25H36N4O5. The van der Waals surface area contributed by atoms with E-state index in [0.717, 1.165) is 16.5 Å². The lowest BCUT2D eigenvalue weighted by Gasteiger charge is -2.28. The SMILES string of the molecule is COC(=O)[C@H](CCCCNC(=O)OC(C)(C)C)N1CC[C@@](N)(Cc2c[nH]c3ccccc23)C1=O. The molecular weight excluding hydrogens is 436 g/mol. The summed E-state index contributed by atoms with van der Waals surface area (Å²) in [5.74, 6) is -0.690. The highest BCUT2D eigenvalue weighted by molar-refractivity contribution is 5.93. The van der Waals surface area contributed by atoms with Crippen LogP contribution in [0.4, 0.5) is 4.79 Å². The molecule has 1 fully saturated rings. The molecule has 0 saturated carbocycles. The first-order chi connectivity index (χ1) is 16.0. The summed E-state index contributed by atoms with van der Waals surface area (Å²) in [5, 5.41) is 3.75. The molecule has 9 nitrogen and oxygen atoms in total. The Morgan fingerprint density at radius 2 is 2.00 bits per heavy atom. The fourth-order valence-electron chi connectivity index (χ4n) is 4.40. The van der Waals surface area contributed by atoms with Gasteiger partial charge in [0.1, 0.15) is 17.2 Å². The van der Waals surface area contributed by atoms with E-state index < -0.39 is 29.2 Å². The van der Waals surface area contributed by atoms with Crippen molar-refractivity contribution in [2.45, 2.75) is 70.1 Å². The molecule has 0 unspecified atom stereocenters. The van der Waals surface area contributed by atoms with Gasteiger partial charge in [-0.3, -0.25) is 4.79 Å². The molecule has 1 aliphatic heterocycles. The number of carbonyl (C=O) groups is 3. The van der Waals surface area contributed by atoms with Crippen molar-refractivity contribution >= 4 is 28.9 Å². The van der Waals surface area contributed by atoms with Crippen LogP contribution in [-0.2, 0) is 25.5 Å². The molecule has 9 heteroatoms. The standard InChI is InChI=1S/C25H36N4O5/c1-24(2,3)34-23(32)27-13-8-7-11-20(21(30)33-4)29-14-12-25(26,22(29)31)15-17-16-28-19-10-6-5-9-18(17)19/h5-6,9-10,16,20,28H,7-8,11-15,26H2,1-4H3,(H,27,32)/t20-,25+/m0/s1. The molecule has 186 valence electrons. The van der Waals surface area contributed by atoms with Gasteiger partial charge >= 0.3 is 12.1 Å². The van der Waals surface area contributed by atoms with Crippen molar-refractivity contribution in [1.29, 1.82) is 0 Å². The van der Waals surface area contributed by atoms with E-state index in [1.807, 2.05) is 30.5 Å². The highest BCUT2D eigenvalue weighted by atomic mass is 16.6. The van der Waals surface area contributed by atoms with E-state index in [0.29, 0.717) is 45.2 Å². The van der Waals surface area contributed by atoms with E-state index in [1.54, 1.807) is 25.7 Å². The highest BCUT2D eigenvalue weighted by Crippen LogP contribution is 2.30. The number of nitrogens with two attached hydrogens (primary N) is 1. The van der Waals surface area contributed by atoms with E-state index in [9.17, 15) is 14.4 Å². The van der Waals surface area contributed by atoms with Crippen LogP contribution in [0.1, 0.15) is 52.0 Å². The number of alkyl carbamates (subject to hydrolysis) is 1. The summed E-state index contributed by atoms with van der Waals surface area (Å²) in [6.07, 6.45) is 3.95. The lowest BCUT2D eigenvalue weighted by atomic mass is 9.90. The van der Waals surface area contributed by atoms with Crippen molar-refractivity contribution in [2.24, 2.45) is 5.73 Å². The first kappa shape index (κ1) is 25.6. The molecule has 0 spiro atoms. The molecule has 2 amide bonds. The number of rotatable bonds is 9. The number of hydrogen-bond acceptors (Lipinski definition) is 6. The third-order valence-corrected chi connectivity index (χ3v) is 6.09. The van der Waals surface area contributed by atoms with Crippen LogP contribution >= 0.6 is 0 Å². The Labute approximate surface area is 200 Å². The zero-order chi connectivity index (χ0) is 24.9. The van der Waals surface area contributed by atoms with Gasteiger partial charge in [0, 0.05) is 36.6 Å². The number of benzene rings is 1. The van der Waals surface area contributed by atoms with Crippen LogP contribution in [0.15, 0.2) is 30.5 Å². The summed E-state index contributed by atoms with van der Waals surface area (Å²) < 4.78 is 10.2. The number of para-hydroxylation sites is 1. The van der Waals surface area contributed by atoms with Gasteiger partial charge in [0.15, 0.2) is 0 Å². The molecule has 4 N–H and O–H groups in total. The van der Waals surface area contributed by atoms with Gasteiger partial charge in [-0.15, -0.1) is 0 Å². The molecule has 1 aromatic carbocycles. The van der Waals surface area contributed by atoms with Crippen LogP contribution in [0.25, 0.3) is 10.9 Å². The summed E-state index contributed by atoms with van der Waals surface area (Å²) in [6.45, 7) is 6.22. The lowest BCUT2D eigenvalue weighted by molar-refractivity contribution is -0.152. The number of fused-ring (bicyclic) bond motifs is 1. The number of nitrogens with one attached hydrogen (secondary N) is 2. The molecule has 2 heterocycles. The van der Waals surface area contributed by atoms with E-state index in [1.165, 1.54) is 7.11 Å². The van der Waals surface area contributed by atoms with Gasteiger partial charge in [0.2, 0.25) is 5.91 Å². The summed E-state index contributed by atoms with van der Waals surface area (Å²) >= 11 is 0. The number of amides is 2. The Morgan fingerprint density at radius 3 is 2.71 bits per heavy atom. The summed E-state index contributed by atoms with van der Waals surface area (Å²) in [5.41, 5.74) is 6.94. The van der Waals surface area contributed by atoms with Gasteiger partial charge in [-0.05, 0) is 58.1 Å². The smallest absolute Gasteiger partial charge is 0.407 e. The zero-order valence-corrected chi connectivity index (χ0v) is 20.5. The van der Waals surface area contributed by atoms with Gasteiger partial charge in [-0.2, -0.15) is 0 Å². The molecule has 0 radical (unpaired) electrons. The number of ether oxygens (including phenoxy) is 2. The van der Waals surface area contributed by atoms with Gasteiger partial charge < -0.3 is 30.4 Å². The number of hydrogen-bond donors (Lipinski definition) is 3. The van der Waals surface area contributed by atoms with Gasteiger partial charge in [-0.25, -0.2) is 9.59 Å². The molecule has 1 aliphatic rings. The van der Waals surface area contributed by atoms with Crippen molar-refractivity contribution in [2.75, 3.05) is 20.2 Å². The number of unbranched alkanes of at least 4 members (excludes halogenated alkanes) is 1. The minimum Gasteiger partial charge on any atom is -0.467 e. The van der Waals surface area contributed by atoms with Crippen LogP contribution in [0.5, 0.6) is 0 Å². The van der Waals surface area contributed by atoms with Crippen molar-refractivity contribution in [1.82, 2.24) is 15.2 Å². The van der Waals surface area contributed by atoms with E-state index in [4.69, 9.17) is 15.2 Å². The second-order valence-corrected chi connectivity index (χ2v) is 9.90. The molecule has 0 aliphatic carbocycles.